The van der Waals surface area contributed by atoms with Crippen LogP contribution in [0.3, 0.4) is 0 Å². The van der Waals surface area contributed by atoms with Crippen LogP contribution in [-0.2, 0) is 15.7 Å². The highest BCUT2D eigenvalue weighted by Gasteiger charge is 2.32. The largest absolute Gasteiger partial charge is 0.416 e. The van der Waals surface area contributed by atoms with Gasteiger partial charge in [-0.3, -0.25) is 4.99 Å². The molecule has 2 saturated heterocycles. The second-order valence-electron chi connectivity index (χ2n) is 6.49. The third kappa shape index (κ3) is 4.67. The van der Waals surface area contributed by atoms with Gasteiger partial charge in [0.25, 0.3) is 0 Å². The highest BCUT2D eigenvalue weighted by atomic mass is 19.4. The first kappa shape index (κ1) is 19.0. The summed E-state index contributed by atoms with van der Waals surface area (Å²) in [7, 11) is 1.70. The Bertz CT molecular complexity index is 630. The van der Waals surface area contributed by atoms with Crippen molar-refractivity contribution in [3.05, 3.63) is 35.4 Å². The maximum atomic E-state index is 13.0. The molecule has 1 aromatic carbocycles. The van der Waals surface area contributed by atoms with Crippen molar-refractivity contribution >= 4 is 5.96 Å². The first-order chi connectivity index (χ1) is 12.5. The quantitative estimate of drug-likeness (QED) is 0.656. The normalized spacial score (nSPS) is 24.8. The molecule has 144 valence electrons. The van der Waals surface area contributed by atoms with Crippen molar-refractivity contribution in [2.45, 2.75) is 31.2 Å². The molecule has 0 saturated carbocycles. The van der Waals surface area contributed by atoms with Gasteiger partial charge in [0.05, 0.1) is 24.8 Å². The Kier molecular flexibility index (Phi) is 6.03. The number of alkyl halides is 3. The van der Waals surface area contributed by atoms with Crippen LogP contribution in [0.25, 0.3) is 0 Å². The smallest absolute Gasteiger partial charge is 0.376 e. The topological polar surface area (TPSA) is 46.1 Å². The number of hydrogen-bond acceptors (Lipinski definition) is 3. The van der Waals surface area contributed by atoms with E-state index in [1.54, 1.807) is 13.1 Å². The number of nitrogens with zero attached hydrogens (tertiary/aromatic N) is 2. The molecular formula is C18H24F3N3O2. The molecule has 1 aromatic rings. The first-order valence-corrected chi connectivity index (χ1v) is 8.83. The van der Waals surface area contributed by atoms with Crippen molar-refractivity contribution in [3.63, 3.8) is 0 Å². The molecule has 0 aliphatic carbocycles. The number of benzene rings is 1. The summed E-state index contributed by atoms with van der Waals surface area (Å²) in [6, 6.07) is 5.33. The zero-order valence-corrected chi connectivity index (χ0v) is 14.8. The predicted octanol–water partition coefficient (Wildman–Crippen LogP) is 2.83. The van der Waals surface area contributed by atoms with Crippen LogP contribution < -0.4 is 5.32 Å². The van der Waals surface area contributed by atoms with Gasteiger partial charge < -0.3 is 19.7 Å². The van der Waals surface area contributed by atoms with E-state index < -0.39 is 17.8 Å². The maximum Gasteiger partial charge on any atom is 0.416 e. The minimum Gasteiger partial charge on any atom is -0.376 e. The van der Waals surface area contributed by atoms with Gasteiger partial charge >= 0.3 is 6.18 Å². The Morgan fingerprint density at radius 3 is 2.85 bits per heavy atom. The number of guanidine groups is 1. The summed E-state index contributed by atoms with van der Waals surface area (Å²) in [5, 5.41) is 3.30. The molecule has 0 amide bonds. The molecule has 0 aromatic heterocycles. The van der Waals surface area contributed by atoms with Gasteiger partial charge in [0.1, 0.15) is 6.10 Å². The molecule has 0 spiro atoms. The molecule has 0 bridgehead atoms. The molecule has 0 radical (unpaired) electrons. The summed E-state index contributed by atoms with van der Waals surface area (Å²) < 4.78 is 50.2. The first-order valence-electron chi connectivity index (χ1n) is 8.83. The molecule has 2 aliphatic rings. The van der Waals surface area contributed by atoms with Crippen LogP contribution >= 0.6 is 0 Å². The van der Waals surface area contributed by atoms with Crippen molar-refractivity contribution in [2.24, 2.45) is 4.99 Å². The lowest BCUT2D eigenvalue weighted by molar-refractivity contribution is -0.137. The fraction of sp³-hybridized carbons (Fsp3) is 0.611. The number of halogens is 3. The monoisotopic (exact) mass is 371 g/mol. The molecule has 26 heavy (non-hydrogen) atoms. The Hall–Kier alpha value is -1.80. The second kappa shape index (κ2) is 8.26. The zero-order chi connectivity index (χ0) is 18.6. The molecule has 1 N–H and O–H groups in total. The van der Waals surface area contributed by atoms with Crippen molar-refractivity contribution in [2.75, 3.05) is 39.9 Å². The van der Waals surface area contributed by atoms with Gasteiger partial charge in [-0.2, -0.15) is 13.2 Å². The molecular weight excluding hydrogens is 347 g/mol. The lowest BCUT2D eigenvalue weighted by Crippen LogP contribution is -2.49. The average Bonchev–Trinajstić information content (AvgIpc) is 3.15. The number of morpholine rings is 1. The maximum absolute atomic E-state index is 13.0. The fourth-order valence-electron chi connectivity index (χ4n) is 3.30. The predicted molar refractivity (Wildman–Crippen MR) is 92.0 cm³/mol. The number of nitrogens with one attached hydrogen (secondary N) is 1. The summed E-state index contributed by atoms with van der Waals surface area (Å²) >= 11 is 0. The van der Waals surface area contributed by atoms with Gasteiger partial charge in [-0.25, -0.2) is 0 Å². The molecule has 2 atom stereocenters. The number of ether oxygens (including phenoxy) is 2. The van der Waals surface area contributed by atoms with Crippen LogP contribution in [0.2, 0.25) is 0 Å². The fourth-order valence-corrected chi connectivity index (χ4v) is 3.30. The third-order valence-corrected chi connectivity index (χ3v) is 4.68. The molecule has 2 unspecified atom stereocenters. The Labute approximate surface area is 151 Å². The van der Waals surface area contributed by atoms with E-state index in [4.69, 9.17) is 9.47 Å². The van der Waals surface area contributed by atoms with Gasteiger partial charge in [0, 0.05) is 26.7 Å². The van der Waals surface area contributed by atoms with E-state index in [9.17, 15) is 13.2 Å². The van der Waals surface area contributed by atoms with Gasteiger partial charge in [-0.1, -0.05) is 12.1 Å². The average molecular weight is 371 g/mol. The van der Waals surface area contributed by atoms with Crippen LogP contribution in [-0.4, -0.2) is 56.9 Å². The summed E-state index contributed by atoms with van der Waals surface area (Å²) in [5.74, 6) is 0.723. The minimum atomic E-state index is -4.36. The lowest BCUT2D eigenvalue weighted by Gasteiger charge is -2.35. The second-order valence-corrected chi connectivity index (χ2v) is 6.49. The van der Waals surface area contributed by atoms with E-state index in [0.29, 0.717) is 31.8 Å². The summed E-state index contributed by atoms with van der Waals surface area (Å²) in [4.78, 5) is 6.32. The summed E-state index contributed by atoms with van der Waals surface area (Å²) in [5.41, 5.74) is -0.129. The van der Waals surface area contributed by atoms with Crippen LogP contribution in [0.15, 0.2) is 29.3 Å². The molecule has 5 nitrogen and oxygen atoms in total. The van der Waals surface area contributed by atoms with Crippen molar-refractivity contribution < 1.29 is 22.6 Å². The highest BCUT2D eigenvalue weighted by Crippen LogP contribution is 2.32. The standard InChI is InChI=1S/C18H24F3N3O2/c1-22-17(23-11-15-6-3-8-25-15)24-7-9-26-16(12-24)13-4-2-5-14(10-13)18(19,20)21/h2,4-5,10,15-16H,3,6-9,11-12H2,1H3,(H,22,23). The van der Waals surface area contributed by atoms with E-state index in [-0.39, 0.29) is 6.10 Å². The number of hydrogen-bond donors (Lipinski definition) is 1. The van der Waals surface area contributed by atoms with Crippen LogP contribution in [0, 0.1) is 0 Å². The minimum absolute atomic E-state index is 0.187. The van der Waals surface area contributed by atoms with E-state index in [1.165, 1.54) is 6.07 Å². The highest BCUT2D eigenvalue weighted by molar-refractivity contribution is 5.80. The van der Waals surface area contributed by atoms with Crippen LogP contribution in [0.1, 0.15) is 30.1 Å². The SMILES string of the molecule is CN=C(NCC1CCCO1)N1CCOC(c2cccc(C(F)(F)F)c2)C1. The zero-order valence-electron chi connectivity index (χ0n) is 14.8. The van der Waals surface area contributed by atoms with Gasteiger partial charge in [0.15, 0.2) is 5.96 Å². The van der Waals surface area contributed by atoms with Crippen LogP contribution in [0.4, 0.5) is 13.2 Å². The molecule has 2 aliphatic heterocycles. The number of aliphatic imine (C=N–C) groups is 1. The van der Waals surface area contributed by atoms with E-state index in [2.05, 4.69) is 10.3 Å². The van der Waals surface area contributed by atoms with Crippen LogP contribution in [0.5, 0.6) is 0 Å². The van der Waals surface area contributed by atoms with E-state index in [1.807, 2.05) is 4.90 Å². The Morgan fingerprint density at radius 1 is 1.31 bits per heavy atom. The van der Waals surface area contributed by atoms with Crippen molar-refractivity contribution in [1.29, 1.82) is 0 Å². The van der Waals surface area contributed by atoms with Gasteiger partial charge in [-0.15, -0.1) is 0 Å². The molecule has 3 rings (SSSR count). The van der Waals surface area contributed by atoms with Crippen molar-refractivity contribution in [3.8, 4) is 0 Å². The summed E-state index contributed by atoms with van der Waals surface area (Å²) in [6.45, 7) is 2.99. The van der Waals surface area contributed by atoms with Crippen molar-refractivity contribution in [1.82, 2.24) is 10.2 Å². The molecule has 2 heterocycles. The van der Waals surface area contributed by atoms with Gasteiger partial charge in [0.2, 0.25) is 0 Å². The third-order valence-electron chi connectivity index (χ3n) is 4.68. The molecule has 2 fully saturated rings. The summed E-state index contributed by atoms with van der Waals surface area (Å²) in [6.07, 6.45) is -2.50. The molecule has 8 heteroatoms. The Balaban J connectivity index is 1.64. The lowest BCUT2D eigenvalue weighted by atomic mass is 10.0. The Morgan fingerprint density at radius 2 is 2.15 bits per heavy atom. The van der Waals surface area contributed by atoms with E-state index >= 15 is 0 Å². The number of rotatable bonds is 3. The van der Waals surface area contributed by atoms with E-state index in [0.717, 1.165) is 37.5 Å². The van der Waals surface area contributed by atoms with Gasteiger partial charge in [-0.05, 0) is 30.5 Å².